The second-order valence-corrected chi connectivity index (χ2v) is 4.81. The number of rotatable bonds is 2. The van der Waals surface area contributed by atoms with Crippen molar-refractivity contribution < 1.29 is 4.39 Å². The van der Waals surface area contributed by atoms with Crippen LogP contribution in [0.2, 0.25) is 0 Å². The van der Waals surface area contributed by atoms with Crippen molar-refractivity contribution >= 4 is 16.9 Å². The lowest BCUT2D eigenvalue weighted by molar-refractivity contribution is 0.315. The zero-order valence-corrected chi connectivity index (χ0v) is 10.4. The Morgan fingerprint density at radius 2 is 2.33 bits per heavy atom. The molecule has 0 N–H and O–H groups in total. The van der Waals surface area contributed by atoms with Crippen LogP contribution in [0.1, 0.15) is 12.8 Å². The lowest BCUT2D eigenvalue weighted by Crippen LogP contribution is -2.36. The fourth-order valence-electron chi connectivity index (χ4n) is 2.59. The summed E-state index contributed by atoms with van der Waals surface area (Å²) in [4.78, 5) is 10.7. The minimum atomic E-state index is -0.252. The molecule has 1 aliphatic heterocycles. The van der Waals surface area contributed by atoms with E-state index in [4.69, 9.17) is 0 Å². The van der Waals surface area contributed by atoms with Crippen LogP contribution in [0.4, 0.5) is 10.2 Å². The van der Waals surface area contributed by atoms with Crippen molar-refractivity contribution in [1.29, 1.82) is 0 Å². The maximum atomic E-state index is 12.8. The standard InChI is InChI=1S/C12H16FN5/c1-17-11-10(6-16-17)12(15-8-14-11)18-4-2-3-9(5-13)7-18/h6,8-9H,2-5,7H2,1H3. The number of aromatic nitrogens is 4. The summed E-state index contributed by atoms with van der Waals surface area (Å²) >= 11 is 0. The molecule has 96 valence electrons. The Balaban J connectivity index is 1.98. The SMILES string of the molecule is Cn1ncc2c(N3CCCC(CF)C3)ncnc21. The average Bonchev–Trinajstić information content (AvgIpc) is 2.81. The first-order valence-electron chi connectivity index (χ1n) is 6.23. The van der Waals surface area contributed by atoms with Crippen LogP contribution in [0.5, 0.6) is 0 Å². The fraction of sp³-hybridized carbons (Fsp3) is 0.583. The molecule has 0 radical (unpaired) electrons. The summed E-state index contributed by atoms with van der Waals surface area (Å²) in [7, 11) is 1.86. The number of aryl methyl sites for hydroxylation is 1. The van der Waals surface area contributed by atoms with Gasteiger partial charge >= 0.3 is 0 Å². The fourth-order valence-corrected chi connectivity index (χ4v) is 2.59. The quantitative estimate of drug-likeness (QED) is 0.810. The van der Waals surface area contributed by atoms with Crippen molar-refractivity contribution in [2.24, 2.45) is 13.0 Å². The van der Waals surface area contributed by atoms with E-state index in [2.05, 4.69) is 20.0 Å². The van der Waals surface area contributed by atoms with Gasteiger partial charge in [-0.25, -0.2) is 9.97 Å². The van der Waals surface area contributed by atoms with Crippen LogP contribution in [0.15, 0.2) is 12.5 Å². The molecule has 0 aromatic carbocycles. The van der Waals surface area contributed by atoms with Crippen molar-refractivity contribution in [1.82, 2.24) is 19.7 Å². The molecule has 0 spiro atoms. The van der Waals surface area contributed by atoms with E-state index in [9.17, 15) is 4.39 Å². The molecule has 18 heavy (non-hydrogen) atoms. The third-order valence-electron chi connectivity index (χ3n) is 3.55. The van der Waals surface area contributed by atoms with E-state index in [1.807, 2.05) is 7.05 Å². The van der Waals surface area contributed by atoms with Gasteiger partial charge in [0.05, 0.1) is 18.3 Å². The predicted molar refractivity (Wildman–Crippen MR) is 67.2 cm³/mol. The van der Waals surface area contributed by atoms with Crippen LogP contribution in [0.3, 0.4) is 0 Å². The van der Waals surface area contributed by atoms with E-state index in [1.54, 1.807) is 17.2 Å². The normalized spacial score (nSPS) is 20.6. The number of halogens is 1. The van der Waals surface area contributed by atoms with Gasteiger partial charge in [-0.15, -0.1) is 0 Å². The number of hydrogen-bond acceptors (Lipinski definition) is 4. The first kappa shape index (κ1) is 11.4. The van der Waals surface area contributed by atoms with Gasteiger partial charge in [0, 0.05) is 26.1 Å². The van der Waals surface area contributed by atoms with Crippen LogP contribution in [-0.2, 0) is 7.05 Å². The summed E-state index contributed by atoms with van der Waals surface area (Å²) in [6.07, 6.45) is 5.32. The highest BCUT2D eigenvalue weighted by Crippen LogP contribution is 2.27. The van der Waals surface area contributed by atoms with Gasteiger partial charge in [0.25, 0.3) is 0 Å². The highest BCUT2D eigenvalue weighted by Gasteiger charge is 2.22. The van der Waals surface area contributed by atoms with Gasteiger partial charge in [-0.1, -0.05) is 0 Å². The lowest BCUT2D eigenvalue weighted by Gasteiger charge is -2.32. The Morgan fingerprint density at radius 3 is 3.17 bits per heavy atom. The molecule has 5 nitrogen and oxygen atoms in total. The molecule has 0 amide bonds. The summed E-state index contributed by atoms with van der Waals surface area (Å²) in [6.45, 7) is 1.41. The third kappa shape index (κ3) is 1.81. The number of fused-ring (bicyclic) bond motifs is 1. The van der Waals surface area contributed by atoms with Gasteiger partial charge in [0.1, 0.15) is 12.1 Å². The Bertz CT molecular complexity index is 552. The molecule has 0 aliphatic carbocycles. The van der Waals surface area contributed by atoms with Crippen molar-refractivity contribution in [3.05, 3.63) is 12.5 Å². The Kier molecular flexibility index (Phi) is 2.85. The van der Waals surface area contributed by atoms with E-state index >= 15 is 0 Å². The number of piperidine rings is 1. The number of alkyl halides is 1. The molecule has 3 heterocycles. The first-order valence-corrected chi connectivity index (χ1v) is 6.23. The molecule has 2 aromatic heterocycles. The second kappa shape index (κ2) is 4.51. The molecule has 1 unspecified atom stereocenters. The largest absolute Gasteiger partial charge is 0.356 e. The van der Waals surface area contributed by atoms with Crippen molar-refractivity contribution in [2.75, 3.05) is 24.7 Å². The maximum absolute atomic E-state index is 12.8. The molecule has 0 saturated carbocycles. The minimum absolute atomic E-state index is 0.125. The van der Waals surface area contributed by atoms with Crippen LogP contribution in [0.25, 0.3) is 11.0 Å². The smallest absolute Gasteiger partial charge is 0.163 e. The van der Waals surface area contributed by atoms with Gasteiger partial charge in [-0.05, 0) is 12.8 Å². The van der Waals surface area contributed by atoms with Crippen molar-refractivity contribution in [2.45, 2.75) is 12.8 Å². The van der Waals surface area contributed by atoms with Crippen molar-refractivity contribution in [3.8, 4) is 0 Å². The van der Waals surface area contributed by atoms with Gasteiger partial charge in [-0.3, -0.25) is 9.07 Å². The van der Waals surface area contributed by atoms with E-state index < -0.39 is 0 Å². The van der Waals surface area contributed by atoms with E-state index in [-0.39, 0.29) is 12.6 Å². The van der Waals surface area contributed by atoms with Gasteiger partial charge in [0.15, 0.2) is 5.65 Å². The molecular formula is C12H16FN5. The number of hydrogen-bond donors (Lipinski definition) is 0. The van der Waals surface area contributed by atoms with Gasteiger partial charge in [-0.2, -0.15) is 5.10 Å². The molecule has 1 atom stereocenters. The minimum Gasteiger partial charge on any atom is -0.356 e. The summed E-state index contributed by atoms with van der Waals surface area (Å²) < 4.78 is 14.5. The average molecular weight is 249 g/mol. The van der Waals surface area contributed by atoms with Crippen LogP contribution >= 0.6 is 0 Å². The number of nitrogens with zero attached hydrogens (tertiary/aromatic N) is 5. The molecule has 3 rings (SSSR count). The summed E-state index contributed by atoms with van der Waals surface area (Å²) in [5, 5.41) is 5.15. The highest BCUT2D eigenvalue weighted by atomic mass is 19.1. The molecule has 1 aliphatic rings. The molecule has 2 aromatic rings. The zero-order valence-electron chi connectivity index (χ0n) is 10.4. The van der Waals surface area contributed by atoms with E-state index in [0.29, 0.717) is 0 Å². The highest BCUT2D eigenvalue weighted by molar-refractivity contribution is 5.86. The number of anilines is 1. The van der Waals surface area contributed by atoms with Gasteiger partial charge in [0.2, 0.25) is 0 Å². The second-order valence-electron chi connectivity index (χ2n) is 4.81. The maximum Gasteiger partial charge on any atom is 0.163 e. The molecule has 6 heteroatoms. The Morgan fingerprint density at radius 1 is 1.44 bits per heavy atom. The van der Waals surface area contributed by atoms with Crippen LogP contribution in [0, 0.1) is 5.92 Å². The molecular weight excluding hydrogens is 233 g/mol. The monoisotopic (exact) mass is 249 g/mol. The predicted octanol–water partition coefficient (Wildman–Crippen LogP) is 1.55. The zero-order chi connectivity index (χ0) is 12.5. The molecule has 0 bridgehead atoms. The van der Waals surface area contributed by atoms with Gasteiger partial charge < -0.3 is 4.90 Å². The summed E-state index contributed by atoms with van der Waals surface area (Å²) in [6, 6.07) is 0. The lowest BCUT2D eigenvalue weighted by atomic mass is 9.99. The molecule has 1 saturated heterocycles. The first-order chi connectivity index (χ1) is 8.79. The van der Waals surface area contributed by atoms with Crippen LogP contribution in [-0.4, -0.2) is 39.5 Å². The Hall–Kier alpha value is -1.72. The molecule has 1 fully saturated rings. The van der Waals surface area contributed by atoms with E-state index in [0.717, 1.165) is 42.8 Å². The summed E-state index contributed by atoms with van der Waals surface area (Å²) in [5.41, 5.74) is 0.822. The third-order valence-corrected chi connectivity index (χ3v) is 3.55. The summed E-state index contributed by atoms with van der Waals surface area (Å²) in [5.74, 6) is 1.01. The van der Waals surface area contributed by atoms with Crippen LogP contribution < -0.4 is 4.90 Å². The Labute approximate surface area is 105 Å². The van der Waals surface area contributed by atoms with Crippen molar-refractivity contribution in [3.63, 3.8) is 0 Å². The van der Waals surface area contributed by atoms with E-state index in [1.165, 1.54) is 0 Å². The topological polar surface area (TPSA) is 46.8 Å².